The first-order valence-electron chi connectivity index (χ1n) is 8.00. The third kappa shape index (κ3) is 5.35. The number of anilines is 2. The number of nitrogens with one attached hydrogen (secondary N) is 2. The van der Waals surface area contributed by atoms with E-state index < -0.39 is 15.8 Å². The lowest BCUT2D eigenvalue weighted by atomic mass is 10.2. The summed E-state index contributed by atoms with van der Waals surface area (Å²) in [5, 5.41) is 4.53. The molecule has 0 aliphatic rings. The molecule has 0 aliphatic heterocycles. The van der Waals surface area contributed by atoms with E-state index in [1.165, 1.54) is 30.3 Å². The average molecular weight is 405 g/mol. The van der Waals surface area contributed by atoms with Gasteiger partial charge in [0.2, 0.25) is 5.91 Å². The van der Waals surface area contributed by atoms with Crippen LogP contribution in [0.1, 0.15) is 12.1 Å². The van der Waals surface area contributed by atoms with Crippen molar-refractivity contribution in [3.05, 3.63) is 71.5 Å². The normalized spacial score (nSPS) is 11.1. The molecule has 140 valence electrons. The number of nitrogens with zero attached hydrogens (tertiary/aromatic N) is 1. The highest BCUT2D eigenvalue weighted by atomic mass is 32.2. The molecule has 2 aromatic carbocycles. The monoisotopic (exact) mass is 405 g/mol. The molecule has 6 nitrogen and oxygen atoms in total. The molecule has 0 radical (unpaired) electrons. The van der Waals surface area contributed by atoms with Crippen molar-refractivity contribution in [3.8, 4) is 0 Å². The molecule has 27 heavy (non-hydrogen) atoms. The van der Waals surface area contributed by atoms with Gasteiger partial charge in [0.05, 0.1) is 10.6 Å². The highest BCUT2D eigenvalue weighted by Gasteiger charge is 2.16. The molecular formula is C18H16FN3O3S2. The number of rotatable bonds is 7. The van der Waals surface area contributed by atoms with Crippen molar-refractivity contribution in [1.29, 1.82) is 0 Å². The molecule has 0 saturated carbocycles. The summed E-state index contributed by atoms with van der Waals surface area (Å²) >= 11 is 1.15. The third-order valence-electron chi connectivity index (χ3n) is 3.54. The van der Waals surface area contributed by atoms with Crippen LogP contribution < -0.4 is 10.0 Å². The van der Waals surface area contributed by atoms with E-state index in [1.54, 1.807) is 29.6 Å². The first kappa shape index (κ1) is 19.0. The van der Waals surface area contributed by atoms with E-state index in [0.29, 0.717) is 17.8 Å². The summed E-state index contributed by atoms with van der Waals surface area (Å²) in [6.45, 7) is 0. The molecule has 1 aromatic heterocycles. The Morgan fingerprint density at radius 3 is 2.63 bits per heavy atom. The van der Waals surface area contributed by atoms with E-state index in [2.05, 4.69) is 15.0 Å². The number of thiazole rings is 1. The lowest BCUT2D eigenvalue weighted by Crippen LogP contribution is -2.13. The van der Waals surface area contributed by atoms with Gasteiger partial charge in [0, 0.05) is 17.5 Å². The number of amides is 1. The maximum Gasteiger partial charge on any atom is 0.263 e. The van der Waals surface area contributed by atoms with E-state index in [0.717, 1.165) is 11.3 Å². The SMILES string of the molecule is O=C(CCc1csc(NS(=O)(=O)c2ccccc2)n1)Nc1cccc(F)c1. The standard InChI is InChI=1S/C18H16FN3O3S2/c19-13-5-4-6-14(11-13)20-17(23)10-9-15-12-26-18(21-15)22-27(24,25)16-7-2-1-3-8-16/h1-8,11-12H,9-10H2,(H,20,23)(H,21,22). The van der Waals surface area contributed by atoms with Crippen molar-refractivity contribution in [1.82, 2.24) is 4.98 Å². The minimum Gasteiger partial charge on any atom is -0.326 e. The Labute approximate surface area is 160 Å². The predicted molar refractivity (Wildman–Crippen MR) is 103 cm³/mol. The zero-order valence-corrected chi connectivity index (χ0v) is 15.7. The molecule has 3 aromatic rings. The second-order valence-corrected chi connectivity index (χ2v) is 8.16. The second kappa shape index (κ2) is 8.28. The molecule has 0 atom stereocenters. The molecule has 1 amide bonds. The maximum absolute atomic E-state index is 13.1. The summed E-state index contributed by atoms with van der Waals surface area (Å²) in [4.78, 5) is 16.3. The summed E-state index contributed by atoms with van der Waals surface area (Å²) < 4.78 is 40.1. The van der Waals surface area contributed by atoms with Crippen molar-refractivity contribution in [3.63, 3.8) is 0 Å². The van der Waals surface area contributed by atoms with Crippen LogP contribution >= 0.6 is 11.3 Å². The Bertz CT molecular complexity index is 1040. The number of sulfonamides is 1. The number of halogens is 1. The first-order valence-corrected chi connectivity index (χ1v) is 10.4. The molecule has 0 spiro atoms. The van der Waals surface area contributed by atoms with Gasteiger partial charge in [0.25, 0.3) is 10.0 Å². The highest BCUT2D eigenvalue weighted by Crippen LogP contribution is 2.21. The number of aromatic nitrogens is 1. The van der Waals surface area contributed by atoms with Crippen molar-refractivity contribution in [2.45, 2.75) is 17.7 Å². The van der Waals surface area contributed by atoms with E-state index in [4.69, 9.17) is 0 Å². The van der Waals surface area contributed by atoms with E-state index in [1.807, 2.05) is 0 Å². The summed E-state index contributed by atoms with van der Waals surface area (Å²) in [6.07, 6.45) is 0.482. The van der Waals surface area contributed by atoms with Gasteiger partial charge in [-0.3, -0.25) is 9.52 Å². The van der Waals surface area contributed by atoms with Crippen molar-refractivity contribution in [2.24, 2.45) is 0 Å². The van der Waals surface area contributed by atoms with E-state index in [-0.39, 0.29) is 22.4 Å². The van der Waals surface area contributed by atoms with Gasteiger partial charge in [-0.05, 0) is 36.8 Å². The molecular weight excluding hydrogens is 389 g/mol. The van der Waals surface area contributed by atoms with Gasteiger partial charge in [0.1, 0.15) is 5.82 Å². The summed E-state index contributed by atoms with van der Waals surface area (Å²) in [6, 6.07) is 13.6. The molecule has 9 heteroatoms. The van der Waals surface area contributed by atoms with Crippen LogP contribution in [0.15, 0.2) is 64.9 Å². The summed E-state index contributed by atoms with van der Waals surface area (Å²) in [7, 11) is -3.69. The number of hydrogen-bond acceptors (Lipinski definition) is 5. The van der Waals surface area contributed by atoms with Gasteiger partial charge in [-0.1, -0.05) is 24.3 Å². The quantitative estimate of drug-likeness (QED) is 0.628. The minimum absolute atomic E-state index is 0.144. The Balaban J connectivity index is 1.56. The maximum atomic E-state index is 13.1. The fraction of sp³-hybridized carbons (Fsp3) is 0.111. The molecule has 0 unspecified atom stereocenters. The zero-order chi connectivity index (χ0) is 19.3. The van der Waals surface area contributed by atoms with Gasteiger partial charge in [-0.2, -0.15) is 0 Å². The summed E-state index contributed by atoms with van der Waals surface area (Å²) in [5.74, 6) is -0.706. The lowest BCUT2D eigenvalue weighted by molar-refractivity contribution is -0.116. The van der Waals surface area contributed by atoms with Gasteiger partial charge in [-0.15, -0.1) is 11.3 Å². The Morgan fingerprint density at radius 2 is 1.89 bits per heavy atom. The van der Waals surface area contributed by atoms with E-state index >= 15 is 0 Å². The smallest absolute Gasteiger partial charge is 0.263 e. The van der Waals surface area contributed by atoms with Crippen molar-refractivity contribution >= 4 is 38.1 Å². The molecule has 3 rings (SSSR count). The largest absolute Gasteiger partial charge is 0.326 e. The van der Waals surface area contributed by atoms with Gasteiger partial charge in [-0.25, -0.2) is 17.8 Å². The highest BCUT2D eigenvalue weighted by molar-refractivity contribution is 7.93. The molecule has 0 aliphatic carbocycles. The molecule has 0 bridgehead atoms. The van der Waals surface area contributed by atoms with E-state index in [9.17, 15) is 17.6 Å². The fourth-order valence-electron chi connectivity index (χ4n) is 2.27. The second-order valence-electron chi connectivity index (χ2n) is 5.62. The van der Waals surface area contributed by atoms with Gasteiger partial charge < -0.3 is 5.32 Å². The molecule has 1 heterocycles. The first-order chi connectivity index (χ1) is 12.9. The fourth-order valence-corrected chi connectivity index (χ4v) is 4.29. The topological polar surface area (TPSA) is 88.2 Å². The van der Waals surface area contributed by atoms with Crippen LogP contribution in [0.25, 0.3) is 0 Å². The summed E-state index contributed by atoms with van der Waals surface area (Å²) in [5.41, 5.74) is 0.981. The third-order valence-corrected chi connectivity index (χ3v) is 5.83. The number of hydrogen-bond donors (Lipinski definition) is 2. The number of carbonyl (C=O) groups is 1. The minimum atomic E-state index is -3.69. The predicted octanol–water partition coefficient (Wildman–Crippen LogP) is 3.65. The Morgan fingerprint density at radius 1 is 1.11 bits per heavy atom. The zero-order valence-electron chi connectivity index (χ0n) is 14.1. The van der Waals surface area contributed by atoms with Crippen LogP contribution in [0, 0.1) is 5.82 Å². The van der Waals surface area contributed by atoms with Crippen LogP contribution in [0.5, 0.6) is 0 Å². The Kier molecular flexibility index (Phi) is 5.82. The number of benzene rings is 2. The van der Waals surface area contributed by atoms with Crippen LogP contribution in [0.4, 0.5) is 15.2 Å². The van der Waals surface area contributed by atoms with Crippen molar-refractivity contribution in [2.75, 3.05) is 10.0 Å². The molecule has 0 saturated heterocycles. The Hall–Kier alpha value is -2.78. The lowest BCUT2D eigenvalue weighted by Gasteiger charge is -2.05. The van der Waals surface area contributed by atoms with Crippen LogP contribution in [-0.2, 0) is 21.2 Å². The molecule has 2 N–H and O–H groups in total. The van der Waals surface area contributed by atoms with Gasteiger partial charge >= 0.3 is 0 Å². The van der Waals surface area contributed by atoms with Crippen molar-refractivity contribution < 1.29 is 17.6 Å². The number of carbonyl (C=O) groups excluding carboxylic acids is 1. The van der Waals surface area contributed by atoms with Crippen LogP contribution in [0.2, 0.25) is 0 Å². The van der Waals surface area contributed by atoms with Crippen LogP contribution in [0.3, 0.4) is 0 Å². The van der Waals surface area contributed by atoms with Gasteiger partial charge in [0.15, 0.2) is 5.13 Å². The van der Waals surface area contributed by atoms with Crippen LogP contribution in [-0.4, -0.2) is 19.3 Å². The number of aryl methyl sites for hydroxylation is 1. The average Bonchev–Trinajstić information content (AvgIpc) is 3.07. The molecule has 0 fully saturated rings.